The van der Waals surface area contributed by atoms with Crippen LogP contribution >= 0.6 is 11.3 Å². The molecule has 2 aromatic heterocycles. The minimum absolute atomic E-state index is 0.523. The minimum Gasteiger partial charge on any atom is -0.455 e. The zero-order valence-corrected chi connectivity index (χ0v) is 38.9. The summed E-state index contributed by atoms with van der Waals surface area (Å²) in [7, 11) is 0. The Morgan fingerprint density at radius 1 is 0.357 bits per heavy atom. The largest absolute Gasteiger partial charge is 0.455 e. The number of benzene rings is 11. The summed E-state index contributed by atoms with van der Waals surface area (Å²) in [5.41, 5.74) is 19.1. The van der Waals surface area contributed by atoms with Crippen molar-refractivity contribution >= 4 is 70.5 Å². The molecule has 0 N–H and O–H groups in total. The zero-order chi connectivity index (χ0) is 46.2. The zero-order valence-electron chi connectivity index (χ0n) is 38.1. The van der Waals surface area contributed by atoms with Crippen LogP contribution in [0, 0.1) is 0 Å². The van der Waals surface area contributed by atoms with Crippen LogP contribution < -0.4 is 4.90 Å². The lowest BCUT2D eigenvalue weighted by molar-refractivity contribution is 0.670. The van der Waals surface area contributed by atoms with E-state index in [0.717, 1.165) is 61.3 Å². The first-order chi connectivity index (χ1) is 34.7. The molecule has 0 fully saturated rings. The fourth-order valence-electron chi connectivity index (χ4n) is 11.5. The lowest BCUT2D eigenvalue weighted by atomic mass is 9.68. The van der Waals surface area contributed by atoms with E-state index in [-0.39, 0.29) is 0 Å². The average Bonchev–Trinajstić information content (AvgIpc) is 4.11. The van der Waals surface area contributed by atoms with E-state index in [1.165, 1.54) is 64.7 Å². The molecule has 0 spiro atoms. The first-order valence-corrected chi connectivity index (χ1v) is 24.8. The molecule has 11 aromatic carbocycles. The molecule has 328 valence electrons. The second-order valence-electron chi connectivity index (χ2n) is 18.3. The van der Waals surface area contributed by atoms with Crippen LogP contribution in [-0.2, 0) is 5.41 Å². The molecule has 3 heteroatoms. The third-order valence-electron chi connectivity index (χ3n) is 14.6. The Morgan fingerprint density at radius 2 is 0.914 bits per heavy atom. The summed E-state index contributed by atoms with van der Waals surface area (Å²) in [5.74, 6) is 0. The van der Waals surface area contributed by atoms with Crippen LogP contribution in [0.1, 0.15) is 22.3 Å². The van der Waals surface area contributed by atoms with Crippen molar-refractivity contribution < 1.29 is 4.42 Å². The van der Waals surface area contributed by atoms with Gasteiger partial charge in [-0.15, -0.1) is 11.3 Å². The summed E-state index contributed by atoms with van der Waals surface area (Å²) in [5, 5.41) is 4.89. The average molecular weight is 910 g/mol. The van der Waals surface area contributed by atoms with E-state index >= 15 is 0 Å². The Bertz CT molecular complexity index is 4070. The molecule has 13 aromatic rings. The van der Waals surface area contributed by atoms with E-state index in [1.807, 2.05) is 23.5 Å². The smallest absolute Gasteiger partial charge is 0.143 e. The number of nitrogens with zero attached hydrogens (tertiary/aromatic N) is 1. The molecule has 0 radical (unpaired) electrons. The van der Waals surface area contributed by atoms with Crippen molar-refractivity contribution in [2.75, 3.05) is 4.90 Å². The third kappa shape index (κ3) is 6.19. The van der Waals surface area contributed by atoms with Gasteiger partial charge in [0.25, 0.3) is 0 Å². The van der Waals surface area contributed by atoms with Crippen molar-refractivity contribution in [2.45, 2.75) is 5.41 Å². The molecule has 0 atom stereocenters. The molecule has 1 aliphatic carbocycles. The molecule has 0 saturated carbocycles. The van der Waals surface area contributed by atoms with E-state index in [1.54, 1.807) is 0 Å². The molecule has 2 nitrogen and oxygen atoms in total. The Labute approximate surface area is 410 Å². The number of hydrogen-bond acceptors (Lipinski definition) is 3. The SMILES string of the molecule is c1ccc(C2(c3ccccc3)c3ccccc3-c3c(N(c4ccc(-c5cccc(-c6cccc7c6oc6ccccc67)c5)cc4)c4ccc(-c5cccc6c5sc5ccccc56)cc4)cccc32)cc1. The van der Waals surface area contributed by atoms with Gasteiger partial charge in [-0.3, -0.25) is 0 Å². The van der Waals surface area contributed by atoms with Crippen LogP contribution in [0.5, 0.6) is 0 Å². The van der Waals surface area contributed by atoms with Gasteiger partial charge in [0.1, 0.15) is 11.2 Å². The van der Waals surface area contributed by atoms with Crippen LogP contribution in [-0.4, -0.2) is 0 Å². The number of thiophene rings is 1. The van der Waals surface area contributed by atoms with E-state index < -0.39 is 5.41 Å². The van der Waals surface area contributed by atoms with E-state index in [9.17, 15) is 0 Å². The van der Waals surface area contributed by atoms with Crippen molar-refractivity contribution in [2.24, 2.45) is 0 Å². The molecule has 2 heterocycles. The predicted octanol–water partition coefficient (Wildman–Crippen LogP) is 18.8. The highest BCUT2D eigenvalue weighted by Crippen LogP contribution is 2.59. The van der Waals surface area contributed by atoms with E-state index in [0.29, 0.717) is 0 Å². The van der Waals surface area contributed by atoms with Crippen molar-refractivity contribution in [3.63, 3.8) is 0 Å². The predicted molar refractivity (Wildman–Crippen MR) is 295 cm³/mol. The lowest BCUT2D eigenvalue weighted by Crippen LogP contribution is -2.28. The van der Waals surface area contributed by atoms with E-state index in [4.69, 9.17) is 4.42 Å². The Kier molecular flexibility index (Phi) is 9.33. The molecule has 14 rings (SSSR count). The number of rotatable bonds is 8. The third-order valence-corrected chi connectivity index (χ3v) is 15.8. The fourth-order valence-corrected chi connectivity index (χ4v) is 12.7. The molecule has 0 saturated heterocycles. The van der Waals surface area contributed by atoms with Crippen LogP contribution in [0.3, 0.4) is 0 Å². The number of furan rings is 1. The number of fused-ring (bicyclic) bond motifs is 9. The standard InChI is InChI=1S/C67H43NOS/c1-3-19-48(20-4-1)67(49-21-5-2-6-22-49)59-30-10-7-25-58(59)64-60(67)31-16-32-61(64)68(51-41-37-45(38-42-51)53-27-15-29-57-55-24-9-12-34-63(55)70-66(53)57)50-39-35-44(36-40-50)46-17-13-18-47(43-46)52-26-14-28-56-54-23-8-11-33-62(54)69-65(52)56/h1-43H. The van der Waals surface area contributed by atoms with Gasteiger partial charge in [-0.2, -0.15) is 0 Å². The second kappa shape index (κ2) is 16.2. The number of hydrogen-bond donors (Lipinski definition) is 0. The minimum atomic E-state index is -0.523. The fraction of sp³-hybridized carbons (Fsp3) is 0.0149. The Morgan fingerprint density at radius 3 is 1.69 bits per heavy atom. The summed E-state index contributed by atoms with van der Waals surface area (Å²) in [6.45, 7) is 0. The van der Waals surface area contributed by atoms with Gasteiger partial charge < -0.3 is 9.32 Å². The van der Waals surface area contributed by atoms with Crippen LogP contribution in [0.15, 0.2) is 265 Å². The molecular weight excluding hydrogens is 867 g/mol. The number of para-hydroxylation sites is 2. The normalized spacial score (nSPS) is 12.7. The summed E-state index contributed by atoms with van der Waals surface area (Å²) in [6.07, 6.45) is 0. The molecule has 70 heavy (non-hydrogen) atoms. The first kappa shape index (κ1) is 40.3. The van der Waals surface area contributed by atoms with Gasteiger partial charge in [0.05, 0.1) is 11.1 Å². The molecule has 1 aliphatic rings. The first-order valence-electron chi connectivity index (χ1n) is 24.0. The van der Waals surface area contributed by atoms with Crippen molar-refractivity contribution in [1.82, 2.24) is 0 Å². The van der Waals surface area contributed by atoms with Crippen molar-refractivity contribution in [3.05, 3.63) is 283 Å². The summed E-state index contributed by atoms with van der Waals surface area (Å²) in [6, 6.07) is 95.5. The quantitative estimate of drug-likeness (QED) is 0.151. The van der Waals surface area contributed by atoms with Gasteiger partial charge in [0.2, 0.25) is 0 Å². The highest BCUT2D eigenvalue weighted by atomic mass is 32.1. The van der Waals surface area contributed by atoms with Crippen LogP contribution in [0.25, 0.3) is 86.6 Å². The second-order valence-corrected chi connectivity index (χ2v) is 19.4. The van der Waals surface area contributed by atoms with Gasteiger partial charge >= 0.3 is 0 Å². The van der Waals surface area contributed by atoms with Crippen molar-refractivity contribution in [3.8, 4) is 44.5 Å². The van der Waals surface area contributed by atoms with Gasteiger partial charge in [-0.25, -0.2) is 0 Å². The topological polar surface area (TPSA) is 16.4 Å². The molecule has 0 aliphatic heterocycles. The molecule has 0 bridgehead atoms. The highest BCUT2D eigenvalue weighted by Gasteiger charge is 2.47. The van der Waals surface area contributed by atoms with Crippen LogP contribution in [0.2, 0.25) is 0 Å². The van der Waals surface area contributed by atoms with Gasteiger partial charge in [-0.1, -0.05) is 212 Å². The van der Waals surface area contributed by atoms with Gasteiger partial charge in [-0.05, 0) is 104 Å². The maximum atomic E-state index is 6.49. The van der Waals surface area contributed by atoms with Crippen molar-refractivity contribution in [1.29, 1.82) is 0 Å². The maximum Gasteiger partial charge on any atom is 0.143 e. The highest BCUT2D eigenvalue weighted by molar-refractivity contribution is 7.26. The monoisotopic (exact) mass is 909 g/mol. The van der Waals surface area contributed by atoms with E-state index in [2.05, 4.69) is 254 Å². The lowest BCUT2D eigenvalue weighted by Gasteiger charge is -2.34. The number of anilines is 3. The summed E-state index contributed by atoms with van der Waals surface area (Å²) in [4.78, 5) is 2.47. The molecular formula is C67H43NOS. The summed E-state index contributed by atoms with van der Waals surface area (Å²) >= 11 is 1.88. The molecule has 0 amide bonds. The maximum absolute atomic E-state index is 6.49. The Hall–Kier alpha value is -8.76. The van der Waals surface area contributed by atoms with Crippen LogP contribution in [0.4, 0.5) is 17.1 Å². The van der Waals surface area contributed by atoms with Gasteiger partial charge in [0.15, 0.2) is 0 Å². The van der Waals surface area contributed by atoms with Gasteiger partial charge in [0, 0.05) is 53.4 Å². The molecule has 0 unspecified atom stereocenters. The Balaban J connectivity index is 0.934. The summed E-state index contributed by atoms with van der Waals surface area (Å²) < 4.78 is 9.11.